The second-order valence-corrected chi connectivity index (χ2v) is 4.06. The van der Waals surface area contributed by atoms with Crippen molar-refractivity contribution in [3.05, 3.63) is 0 Å². The summed E-state index contributed by atoms with van der Waals surface area (Å²) < 4.78 is 0. The van der Waals surface area contributed by atoms with E-state index in [-0.39, 0.29) is 0 Å². The van der Waals surface area contributed by atoms with Crippen LogP contribution in [0.2, 0.25) is 6.55 Å². The minimum Gasteiger partial charge on any atom is -0.566 e. The van der Waals surface area contributed by atoms with Gasteiger partial charge in [-0.2, -0.15) is 12.6 Å². The molecule has 48 valence electrons. The summed E-state index contributed by atoms with van der Waals surface area (Å²) in [7, 11) is -1.15. The Hall–Kier alpha value is 0.237. The van der Waals surface area contributed by atoms with Gasteiger partial charge in [0.25, 0.3) is 0 Å². The fourth-order valence-corrected chi connectivity index (χ4v) is 1.84. The molecule has 0 spiro atoms. The van der Waals surface area contributed by atoms with Gasteiger partial charge in [-0.3, -0.25) is 0 Å². The van der Waals surface area contributed by atoms with E-state index >= 15 is 0 Å². The molecule has 3 heteroatoms. The van der Waals surface area contributed by atoms with Gasteiger partial charge in [0, 0.05) is 5.25 Å². The fraction of sp³-hybridized carbons (Fsp3) is 0.800. The highest BCUT2D eigenvalue weighted by atomic mass is 32.1. The van der Waals surface area contributed by atoms with Crippen molar-refractivity contribution in [2.75, 3.05) is 0 Å². The first-order valence-electron chi connectivity index (χ1n) is 2.72. The lowest BCUT2D eigenvalue weighted by Gasteiger charge is -1.97. The first-order chi connectivity index (χ1) is 3.66. The molecule has 0 saturated heterocycles. The number of hydrogen-bond acceptors (Lipinski definition) is 2. The summed E-state index contributed by atoms with van der Waals surface area (Å²) in [5.74, 6) is 0. The third-order valence-corrected chi connectivity index (χ3v) is 2.53. The van der Waals surface area contributed by atoms with Crippen LogP contribution in [0.3, 0.4) is 0 Å². The van der Waals surface area contributed by atoms with Gasteiger partial charge in [0.05, 0.1) is 0 Å². The Morgan fingerprint density at radius 1 is 1.88 bits per heavy atom. The summed E-state index contributed by atoms with van der Waals surface area (Å²) >= 11 is 4.18. The number of thiol groups is 1. The maximum absolute atomic E-state index is 8.85. The highest BCUT2D eigenvalue weighted by molar-refractivity contribution is 7.81. The second kappa shape index (κ2) is 4.15. The van der Waals surface area contributed by atoms with Crippen molar-refractivity contribution in [1.29, 1.82) is 0 Å². The minimum absolute atomic E-state index is 0.291. The van der Waals surface area contributed by atoms with Crippen molar-refractivity contribution in [3.63, 3.8) is 0 Å². The molecule has 1 unspecified atom stereocenters. The molecule has 1 nitrogen and oxygen atoms in total. The van der Waals surface area contributed by atoms with Crippen LogP contribution in [0.1, 0.15) is 13.3 Å². The Kier molecular flexibility index (Phi) is 4.27. The highest BCUT2D eigenvalue weighted by Gasteiger charge is 1.93. The van der Waals surface area contributed by atoms with Crippen LogP contribution < -0.4 is 0 Å². The summed E-state index contributed by atoms with van der Waals surface area (Å²) in [6.07, 6.45) is 1.01. The van der Waals surface area contributed by atoms with Crippen LogP contribution in [0.5, 0.6) is 0 Å². The first kappa shape index (κ1) is 8.24. The molecule has 0 aliphatic carbocycles. The molecule has 0 amide bonds. The van der Waals surface area contributed by atoms with Gasteiger partial charge >= 0.3 is 0 Å². The van der Waals surface area contributed by atoms with Crippen molar-refractivity contribution in [3.8, 4) is 0 Å². The average Bonchev–Trinajstić information content (AvgIpc) is 1.65. The van der Waals surface area contributed by atoms with E-state index in [4.69, 9.17) is 4.80 Å². The summed E-state index contributed by atoms with van der Waals surface area (Å²) in [6.45, 7) is 3.89. The molecule has 1 N–H and O–H groups in total. The molecule has 1 atom stereocenters. The van der Waals surface area contributed by atoms with Crippen LogP contribution in [0, 0.1) is 0 Å². The molecule has 0 aromatic rings. The lowest BCUT2D eigenvalue weighted by atomic mass is 10.4. The third-order valence-electron chi connectivity index (χ3n) is 0.852. The van der Waals surface area contributed by atoms with Crippen LogP contribution >= 0.6 is 12.6 Å². The monoisotopic (exact) mass is 148 g/mol. The zero-order valence-corrected chi connectivity index (χ0v) is 7.15. The van der Waals surface area contributed by atoms with E-state index in [0.29, 0.717) is 5.25 Å². The Morgan fingerprint density at radius 2 is 2.38 bits per heavy atom. The number of rotatable bonds is 2. The first-order valence-corrected chi connectivity index (χ1v) is 5.26. The second-order valence-electron chi connectivity index (χ2n) is 1.78. The Balaban J connectivity index is 3.51. The van der Waals surface area contributed by atoms with E-state index in [2.05, 4.69) is 19.6 Å². The molecular weight excluding hydrogens is 136 g/mol. The van der Waals surface area contributed by atoms with Gasteiger partial charge < -0.3 is 4.80 Å². The van der Waals surface area contributed by atoms with Crippen molar-refractivity contribution in [2.45, 2.75) is 25.1 Å². The number of hydrogen-bond donors (Lipinski definition) is 2. The molecule has 0 heterocycles. The average molecular weight is 148 g/mol. The van der Waals surface area contributed by atoms with Crippen LogP contribution in [-0.2, 0) is 0 Å². The largest absolute Gasteiger partial charge is 0.566 e. The zero-order valence-electron chi connectivity index (χ0n) is 5.26. The summed E-state index contributed by atoms with van der Waals surface area (Å²) in [4.78, 5) is 8.85. The molecule has 0 bridgehead atoms. The predicted octanol–water partition coefficient (Wildman–Crippen LogP) is 0.692. The lowest BCUT2D eigenvalue weighted by molar-refractivity contribution is 0.603. The maximum atomic E-state index is 8.85. The van der Waals surface area contributed by atoms with E-state index in [1.807, 2.05) is 12.2 Å². The Morgan fingerprint density at radius 3 is 2.50 bits per heavy atom. The zero-order chi connectivity index (χ0) is 6.57. The van der Waals surface area contributed by atoms with Gasteiger partial charge in [0.15, 0.2) is 0 Å². The van der Waals surface area contributed by atoms with Gasteiger partial charge in [-0.15, -0.1) is 0 Å². The summed E-state index contributed by atoms with van der Waals surface area (Å²) in [5, 5.41) is 0.291. The van der Waals surface area contributed by atoms with Gasteiger partial charge in [-0.1, -0.05) is 12.6 Å². The van der Waals surface area contributed by atoms with Crippen molar-refractivity contribution < 1.29 is 4.80 Å². The topological polar surface area (TPSA) is 20.2 Å². The molecule has 0 saturated carbocycles. The third kappa shape index (κ3) is 4.40. The van der Waals surface area contributed by atoms with Crippen LogP contribution in [0.25, 0.3) is 0 Å². The molecule has 8 heavy (non-hydrogen) atoms. The molecule has 0 fully saturated rings. The van der Waals surface area contributed by atoms with Crippen molar-refractivity contribution in [1.82, 2.24) is 0 Å². The van der Waals surface area contributed by atoms with Crippen LogP contribution in [0.15, 0.2) is 0 Å². The van der Waals surface area contributed by atoms with E-state index < -0.39 is 8.65 Å². The molecule has 0 aliphatic heterocycles. The van der Waals surface area contributed by atoms with Crippen LogP contribution in [-0.4, -0.2) is 24.4 Å². The van der Waals surface area contributed by atoms with E-state index in [9.17, 15) is 0 Å². The summed E-state index contributed by atoms with van der Waals surface area (Å²) in [6, 6.07) is 0. The van der Waals surface area contributed by atoms with Gasteiger partial charge in [0.2, 0.25) is 8.65 Å². The molecule has 0 aromatic carbocycles. The lowest BCUT2D eigenvalue weighted by Crippen LogP contribution is -2.07. The molecular formula is C5H12OSSi. The van der Waals surface area contributed by atoms with E-state index in [1.54, 1.807) is 0 Å². The predicted molar refractivity (Wildman–Crippen MR) is 43.0 cm³/mol. The van der Waals surface area contributed by atoms with E-state index in [0.717, 1.165) is 6.42 Å². The summed E-state index contributed by atoms with van der Waals surface area (Å²) in [5.41, 5.74) is 1.91. The Labute approximate surface area is 57.5 Å². The van der Waals surface area contributed by atoms with Gasteiger partial charge in [-0.05, 0) is 13.0 Å². The fourth-order valence-electron chi connectivity index (χ4n) is 0.396. The van der Waals surface area contributed by atoms with Crippen molar-refractivity contribution in [2.24, 2.45) is 0 Å². The minimum atomic E-state index is -1.15. The quantitative estimate of drug-likeness (QED) is 0.436. The normalized spacial score (nSPS) is 16.1. The SMILES string of the molecule is CCC(S)/C=[Si](\C)O. The van der Waals surface area contributed by atoms with Crippen molar-refractivity contribution >= 4 is 27.0 Å². The molecule has 0 rings (SSSR count). The van der Waals surface area contributed by atoms with E-state index in [1.165, 1.54) is 0 Å². The van der Waals surface area contributed by atoms with Crippen LogP contribution in [0.4, 0.5) is 0 Å². The Bertz CT molecular complexity index is 88.4. The molecule has 0 radical (unpaired) electrons. The van der Waals surface area contributed by atoms with Gasteiger partial charge in [0.1, 0.15) is 0 Å². The standard InChI is InChI=1S/C5H12OSSi/c1-3-5(7)4-8(2)6/h4-7H,3H2,1-2H3/b8-4+. The molecule has 0 aliphatic rings. The van der Waals surface area contributed by atoms with Gasteiger partial charge in [-0.25, -0.2) is 0 Å². The highest BCUT2D eigenvalue weighted by Crippen LogP contribution is 1.94. The smallest absolute Gasteiger partial charge is 0.222 e. The molecule has 0 aromatic heterocycles. The maximum Gasteiger partial charge on any atom is 0.222 e.